The molecule has 1 spiro atoms. The molecule has 0 radical (unpaired) electrons. The predicted octanol–water partition coefficient (Wildman–Crippen LogP) is 6.98. The number of carbonyl (C=O) groups is 3. The maximum Gasteiger partial charge on any atom is 0.264 e. The number of methoxy groups -OCH3 is 1. The van der Waals surface area contributed by atoms with Crippen LogP contribution in [0.5, 0.6) is 5.75 Å². The summed E-state index contributed by atoms with van der Waals surface area (Å²) < 4.78 is 12.9. The van der Waals surface area contributed by atoms with Crippen LogP contribution in [0.25, 0.3) is 0 Å². The summed E-state index contributed by atoms with van der Waals surface area (Å²) >= 11 is 0. The molecule has 4 aliphatic heterocycles. The Balaban J connectivity index is 1.30. The molecular formula is C48H62N4O6Si. The second-order valence-corrected chi connectivity index (χ2v) is 22.5. The Hall–Kier alpha value is -4.55. The molecule has 11 heteroatoms. The van der Waals surface area contributed by atoms with Crippen molar-refractivity contribution in [1.82, 2.24) is 10.2 Å². The zero-order valence-electron chi connectivity index (χ0n) is 35.8. The van der Waals surface area contributed by atoms with Gasteiger partial charge in [0, 0.05) is 30.3 Å². The number of amides is 3. The summed E-state index contributed by atoms with van der Waals surface area (Å²) in [6.45, 7) is 14.5. The highest BCUT2D eigenvalue weighted by atomic mass is 28.3. The number of carbonyl (C=O) groups excluding carboxylic acids is 3. The van der Waals surface area contributed by atoms with Gasteiger partial charge >= 0.3 is 0 Å². The summed E-state index contributed by atoms with van der Waals surface area (Å²) in [4.78, 5) is 47.2. The fourth-order valence-electron chi connectivity index (χ4n) is 10.2. The van der Waals surface area contributed by atoms with Crippen LogP contribution in [0.15, 0.2) is 90.0 Å². The number of nitrogens with zero attached hydrogens (tertiary/aromatic N) is 2. The number of hydrogen-bond donors (Lipinski definition) is 3. The van der Waals surface area contributed by atoms with Gasteiger partial charge in [0.25, 0.3) is 5.91 Å². The first kappa shape index (κ1) is 42.6. The van der Waals surface area contributed by atoms with E-state index in [1.54, 1.807) is 7.11 Å². The number of hydrogen-bond acceptors (Lipinski definition) is 7. The first-order valence-electron chi connectivity index (χ1n) is 21.4. The third-order valence-corrected chi connectivity index (χ3v) is 17.8. The lowest BCUT2D eigenvalue weighted by molar-refractivity contribution is -0.150. The lowest BCUT2D eigenvalue weighted by Gasteiger charge is -2.39. The van der Waals surface area contributed by atoms with Crippen molar-refractivity contribution in [1.29, 1.82) is 0 Å². The quantitative estimate of drug-likeness (QED) is 0.126. The molecule has 7 rings (SSSR count). The average Bonchev–Trinajstić information content (AvgIpc) is 3.93. The van der Waals surface area contributed by atoms with Crippen molar-refractivity contribution in [3.8, 4) is 5.75 Å². The number of aliphatic hydroxyl groups is 1. The predicted molar refractivity (Wildman–Crippen MR) is 237 cm³/mol. The topological polar surface area (TPSA) is 120 Å². The SMILES string of the molecule is COc1ccc([Si](C)(C)[C@@H]2[C@@H](CC(=O)N3Cc4ccccc4C[C@H]3CO)O[C@]3(C(=O)N(C/C=C(\C)CCC=C(C)C)c4ccc(NC(=O)[C@H]5CCCN5)cc43)[C@H]2C)cc1. The van der Waals surface area contributed by atoms with Crippen molar-refractivity contribution in [2.45, 2.75) is 115 Å². The van der Waals surface area contributed by atoms with Gasteiger partial charge in [0.1, 0.15) is 5.75 Å². The normalized spacial score (nSPS) is 25.3. The minimum atomic E-state index is -2.56. The first-order valence-corrected chi connectivity index (χ1v) is 24.4. The van der Waals surface area contributed by atoms with Crippen molar-refractivity contribution < 1.29 is 29.0 Å². The highest BCUT2D eigenvalue weighted by Crippen LogP contribution is 2.60. The summed E-state index contributed by atoms with van der Waals surface area (Å²) in [7, 11) is -0.902. The van der Waals surface area contributed by atoms with Crippen molar-refractivity contribution in [2.75, 3.05) is 37.0 Å². The summed E-state index contributed by atoms with van der Waals surface area (Å²) in [5.41, 5.74) is 5.23. The molecule has 3 N–H and O–H groups in total. The Morgan fingerprint density at radius 3 is 2.47 bits per heavy atom. The van der Waals surface area contributed by atoms with Crippen LogP contribution >= 0.6 is 0 Å². The number of ether oxygens (including phenoxy) is 2. The van der Waals surface area contributed by atoms with Crippen LogP contribution in [0.2, 0.25) is 18.6 Å². The third kappa shape index (κ3) is 8.31. The fourth-order valence-corrected chi connectivity index (χ4v) is 14.2. The molecule has 4 heterocycles. The Morgan fingerprint density at radius 2 is 1.80 bits per heavy atom. The smallest absolute Gasteiger partial charge is 0.264 e. The standard InChI is InChI=1S/C48H62N4O6Si/c1-31(2)12-10-13-32(3)23-25-51-42-22-17-36(50-46(55)41-16-11-24-49-41)27-40(42)48(47(51)56)33(4)45(59(6,7)39-20-18-38(57-5)19-21-39)43(58-48)28-44(54)52-29-35-15-9-8-14-34(35)26-37(52)30-53/h8-9,12,14-15,17-23,27,33,37,41,43,45,49,53H,10-11,13,16,24-26,28-30H2,1-7H3,(H,50,55)/b32-23+/t33-,37-,41+,43+,45-,48+/m0/s1. The lowest BCUT2D eigenvalue weighted by Crippen LogP contribution is -2.52. The van der Waals surface area contributed by atoms with Crippen LogP contribution in [-0.2, 0) is 37.7 Å². The van der Waals surface area contributed by atoms with Crippen molar-refractivity contribution in [3.63, 3.8) is 0 Å². The molecule has 0 unspecified atom stereocenters. The highest BCUT2D eigenvalue weighted by molar-refractivity contribution is 6.91. The van der Waals surface area contributed by atoms with Crippen molar-refractivity contribution in [2.24, 2.45) is 5.92 Å². The molecule has 3 aromatic rings. The molecule has 0 bridgehead atoms. The Morgan fingerprint density at radius 1 is 1.05 bits per heavy atom. The van der Waals surface area contributed by atoms with E-state index >= 15 is 4.79 Å². The van der Waals surface area contributed by atoms with E-state index < -0.39 is 19.8 Å². The second kappa shape index (κ2) is 17.6. The van der Waals surface area contributed by atoms with Crippen LogP contribution in [0.1, 0.15) is 76.5 Å². The van der Waals surface area contributed by atoms with Gasteiger partial charge in [-0.3, -0.25) is 14.4 Å². The van der Waals surface area contributed by atoms with Gasteiger partial charge < -0.3 is 35.0 Å². The molecule has 3 aromatic carbocycles. The Labute approximate surface area is 351 Å². The first-order chi connectivity index (χ1) is 28.3. The van der Waals surface area contributed by atoms with E-state index in [0.29, 0.717) is 25.2 Å². The molecule has 59 heavy (non-hydrogen) atoms. The summed E-state index contributed by atoms with van der Waals surface area (Å²) in [6.07, 6.45) is 7.95. The van der Waals surface area contributed by atoms with E-state index in [2.05, 4.69) is 87.8 Å². The lowest BCUT2D eigenvalue weighted by atomic mass is 9.82. The largest absolute Gasteiger partial charge is 0.497 e. The van der Waals surface area contributed by atoms with Crippen LogP contribution in [0, 0.1) is 5.92 Å². The van der Waals surface area contributed by atoms with Gasteiger partial charge in [0.05, 0.1) is 52.1 Å². The zero-order chi connectivity index (χ0) is 42.1. The van der Waals surface area contributed by atoms with Crippen LogP contribution in [-0.4, -0.2) is 80.8 Å². The maximum atomic E-state index is 15.5. The molecule has 4 aliphatic rings. The van der Waals surface area contributed by atoms with Gasteiger partial charge in [-0.15, -0.1) is 0 Å². The maximum absolute atomic E-state index is 15.5. The zero-order valence-corrected chi connectivity index (χ0v) is 36.8. The molecule has 2 saturated heterocycles. The summed E-state index contributed by atoms with van der Waals surface area (Å²) in [5.74, 6) is 0.0962. The summed E-state index contributed by atoms with van der Waals surface area (Å²) in [6, 6.07) is 21.5. The number of nitrogens with one attached hydrogen (secondary N) is 2. The van der Waals surface area contributed by atoms with Crippen LogP contribution < -0.4 is 25.5 Å². The van der Waals surface area contributed by atoms with Crippen molar-refractivity contribution >= 4 is 42.4 Å². The van der Waals surface area contributed by atoms with Crippen molar-refractivity contribution in [3.05, 3.63) is 107 Å². The summed E-state index contributed by atoms with van der Waals surface area (Å²) in [5, 5.41) is 18.2. The van der Waals surface area contributed by atoms with E-state index in [0.717, 1.165) is 60.4 Å². The number of allylic oxidation sites excluding steroid dienone is 3. The molecule has 0 aliphatic carbocycles. The molecule has 6 atom stereocenters. The Kier molecular flexibility index (Phi) is 12.7. The molecular weight excluding hydrogens is 757 g/mol. The Bertz CT molecular complexity index is 2110. The van der Waals surface area contributed by atoms with Gasteiger partial charge in [-0.05, 0) is 106 Å². The van der Waals surface area contributed by atoms with Gasteiger partial charge in [0.2, 0.25) is 11.8 Å². The van der Waals surface area contributed by atoms with E-state index in [4.69, 9.17) is 9.47 Å². The molecule has 2 fully saturated rings. The second-order valence-electron chi connectivity index (χ2n) is 17.8. The monoisotopic (exact) mass is 818 g/mol. The molecule has 10 nitrogen and oxygen atoms in total. The molecule has 0 saturated carbocycles. The van der Waals surface area contributed by atoms with Gasteiger partial charge in [-0.1, -0.05) is 84.9 Å². The van der Waals surface area contributed by atoms with Crippen LogP contribution in [0.4, 0.5) is 11.4 Å². The van der Waals surface area contributed by atoms with Crippen LogP contribution in [0.3, 0.4) is 0 Å². The minimum Gasteiger partial charge on any atom is -0.497 e. The van der Waals surface area contributed by atoms with E-state index in [9.17, 15) is 14.7 Å². The molecule has 314 valence electrons. The minimum absolute atomic E-state index is 0.0672. The third-order valence-electron chi connectivity index (χ3n) is 13.5. The highest BCUT2D eigenvalue weighted by Gasteiger charge is 2.66. The van der Waals surface area contributed by atoms with Gasteiger partial charge in [-0.25, -0.2) is 0 Å². The number of benzene rings is 3. The molecule has 3 amide bonds. The number of aliphatic hydroxyl groups excluding tert-OH is 1. The van der Waals surface area contributed by atoms with Gasteiger partial charge in [0.15, 0.2) is 5.60 Å². The van der Waals surface area contributed by atoms with Gasteiger partial charge in [-0.2, -0.15) is 0 Å². The number of anilines is 2. The van der Waals surface area contributed by atoms with E-state index in [1.807, 2.05) is 52.3 Å². The number of fused-ring (bicyclic) bond motifs is 3. The molecule has 0 aromatic heterocycles. The fraction of sp³-hybridized carbons (Fsp3) is 0.479. The number of rotatable bonds is 13. The van der Waals surface area contributed by atoms with E-state index in [-0.39, 0.29) is 54.3 Å². The van der Waals surface area contributed by atoms with E-state index in [1.165, 1.54) is 16.3 Å². The average molecular weight is 819 g/mol.